The summed E-state index contributed by atoms with van der Waals surface area (Å²) in [4.78, 5) is 39.1. The van der Waals surface area contributed by atoms with E-state index < -0.39 is 17.9 Å². The first kappa shape index (κ1) is 43.0. The fourth-order valence-corrected chi connectivity index (χ4v) is 9.81. The number of hydroxylamine groups is 2. The predicted octanol–water partition coefficient (Wildman–Crippen LogP) is 8.91. The third-order valence-corrected chi connectivity index (χ3v) is 13.3. The molecule has 0 spiro atoms. The lowest BCUT2D eigenvalue weighted by atomic mass is 9.87. The predicted molar refractivity (Wildman–Crippen MR) is 238 cm³/mol. The standard InChI is InChI=1S/C47H42ClFN6O8S/c48-41-33-12-13-35(42(41)56)39-40-45(51-26-52-46(40)64-43(39)29-8-10-31(49)11-9-29)62-38(47(57)58)24-30-23-27(5-7-28(33)16-18-54-19-21-55(59)22-20-54)6-14-36(30)61-25-32-15-17-50-44(53-32)34-3-1-2-4-37(34)63-60/h1-4,6,8-15,17,23,26,28,38,56,59-60H,5,7,16,18-22,24-25H2,(H,57,58)/t28?,38-/m1/s1. The molecule has 0 saturated carbocycles. The van der Waals surface area contributed by atoms with Crippen molar-refractivity contribution < 1.29 is 44.2 Å². The Morgan fingerprint density at radius 3 is 2.56 bits per heavy atom. The number of phenolic OH excluding ortho intramolecular Hbond substituents is 1. The molecular formula is C47H42ClFN6O8S. The van der Waals surface area contributed by atoms with Crippen LogP contribution in [0.3, 0.4) is 0 Å². The minimum atomic E-state index is -1.46. The number of fused-ring (bicyclic) bond motifs is 6. The van der Waals surface area contributed by atoms with E-state index >= 15 is 0 Å². The Kier molecular flexibility index (Phi) is 12.7. The number of nitrogens with zero attached hydrogens (tertiary/aromatic N) is 6. The van der Waals surface area contributed by atoms with Gasteiger partial charge in [-0.05, 0) is 90.4 Å². The first-order valence-corrected chi connectivity index (χ1v) is 21.9. The summed E-state index contributed by atoms with van der Waals surface area (Å²) in [6.07, 6.45) is 3.22. The largest absolute Gasteiger partial charge is 0.506 e. The third-order valence-electron chi connectivity index (χ3n) is 11.7. The van der Waals surface area contributed by atoms with Gasteiger partial charge in [-0.2, -0.15) is 5.06 Å². The first-order chi connectivity index (χ1) is 31.1. The van der Waals surface area contributed by atoms with Gasteiger partial charge in [0.1, 0.15) is 35.1 Å². The van der Waals surface area contributed by atoms with Crippen LogP contribution in [-0.4, -0.2) is 95.4 Å². The molecule has 0 amide bonds. The molecule has 4 bridgehead atoms. The van der Waals surface area contributed by atoms with Crippen LogP contribution in [0.1, 0.15) is 41.1 Å². The summed E-state index contributed by atoms with van der Waals surface area (Å²) in [5.74, 6) is -1.04. The lowest BCUT2D eigenvalue weighted by molar-refractivity contribution is -0.145. The quantitative estimate of drug-likeness (QED) is 0.0754. The molecular weight excluding hydrogens is 863 g/mol. The Morgan fingerprint density at radius 2 is 1.77 bits per heavy atom. The Bertz CT molecular complexity index is 2820. The van der Waals surface area contributed by atoms with Crippen molar-refractivity contribution in [2.24, 2.45) is 0 Å². The summed E-state index contributed by atoms with van der Waals surface area (Å²) in [5, 5.41) is 44.2. The molecule has 2 atom stereocenters. The molecule has 0 aliphatic carbocycles. The number of ether oxygens (including phenoxy) is 2. The number of para-hydroxylation sites is 1. The molecule has 1 fully saturated rings. The lowest BCUT2D eigenvalue weighted by Gasteiger charge is -2.32. The Hall–Kier alpha value is -6.27. The van der Waals surface area contributed by atoms with Crippen molar-refractivity contribution in [1.82, 2.24) is 29.9 Å². The zero-order valence-corrected chi connectivity index (χ0v) is 35.8. The summed E-state index contributed by atoms with van der Waals surface area (Å²) in [5.41, 5.74) is 4.73. The highest BCUT2D eigenvalue weighted by atomic mass is 35.5. The number of phenols is 1. The Morgan fingerprint density at radius 1 is 0.953 bits per heavy atom. The minimum absolute atomic E-state index is 0.00375. The highest BCUT2D eigenvalue weighted by molar-refractivity contribution is 7.22. The van der Waals surface area contributed by atoms with Crippen LogP contribution < -0.4 is 14.4 Å². The molecule has 4 aromatic carbocycles. The number of carboxylic acid groups (broad SMARTS) is 1. The number of halogens is 2. The molecule has 1 saturated heterocycles. The molecule has 0 radical (unpaired) electrons. The number of aromatic hydroxyl groups is 1. The van der Waals surface area contributed by atoms with Gasteiger partial charge < -0.3 is 34.7 Å². The fourth-order valence-electron chi connectivity index (χ4n) is 8.34. The SMILES string of the molecule is O=C(O)[C@H]1Cc2cc(ccc2OCc2ccnc(-c3ccccc3OO)n2)CCC(CCN2CCN(O)CC2)c2ccc(c(O)c2Cl)-c2c(-c3ccc(F)cc3)sc3ncnc(c23)O1. The van der Waals surface area contributed by atoms with Crippen molar-refractivity contribution in [3.05, 3.63) is 131 Å². The van der Waals surface area contributed by atoms with Gasteiger partial charge in [-0.15, -0.1) is 11.3 Å². The molecule has 7 aromatic rings. The molecule has 3 aliphatic heterocycles. The van der Waals surface area contributed by atoms with Crippen LogP contribution >= 0.6 is 22.9 Å². The highest BCUT2D eigenvalue weighted by Crippen LogP contribution is 2.52. The summed E-state index contributed by atoms with van der Waals surface area (Å²) >= 11 is 8.48. The van der Waals surface area contributed by atoms with Crippen LogP contribution in [0.5, 0.6) is 23.1 Å². The van der Waals surface area contributed by atoms with Crippen LogP contribution in [0.25, 0.3) is 43.2 Å². The Balaban J connectivity index is 1.13. The number of hydrogen-bond donors (Lipinski definition) is 4. The number of aliphatic carboxylic acids is 1. The number of carbonyl (C=O) groups is 1. The van der Waals surface area contributed by atoms with Gasteiger partial charge in [0.05, 0.1) is 21.7 Å². The fraction of sp³-hybridized carbons (Fsp3) is 0.255. The van der Waals surface area contributed by atoms with E-state index in [-0.39, 0.29) is 41.3 Å². The number of aryl methyl sites for hydroxylation is 1. The van der Waals surface area contributed by atoms with E-state index in [2.05, 4.69) is 29.7 Å². The number of hydrogen-bond acceptors (Lipinski definition) is 14. The van der Waals surface area contributed by atoms with E-state index in [9.17, 15) is 29.9 Å². The normalized spacial score (nSPS) is 17.0. The van der Waals surface area contributed by atoms with E-state index in [1.54, 1.807) is 48.7 Å². The molecule has 14 nitrogen and oxygen atoms in total. The highest BCUT2D eigenvalue weighted by Gasteiger charge is 2.30. The number of rotatable bonds is 10. The lowest BCUT2D eigenvalue weighted by Crippen LogP contribution is -2.45. The van der Waals surface area contributed by atoms with E-state index in [0.717, 1.165) is 17.7 Å². The summed E-state index contributed by atoms with van der Waals surface area (Å²) < 4.78 is 27.0. The maximum Gasteiger partial charge on any atom is 0.345 e. The van der Waals surface area contributed by atoms with Gasteiger partial charge in [0, 0.05) is 54.8 Å². The molecule has 64 heavy (non-hydrogen) atoms. The van der Waals surface area contributed by atoms with Crippen molar-refractivity contribution in [3.8, 4) is 56.1 Å². The van der Waals surface area contributed by atoms with E-state index in [1.165, 1.54) is 34.9 Å². The second kappa shape index (κ2) is 18.8. The summed E-state index contributed by atoms with van der Waals surface area (Å²) in [6, 6.07) is 23.9. The molecule has 3 aliphatic rings. The maximum absolute atomic E-state index is 14.2. The average molecular weight is 905 g/mol. The van der Waals surface area contributed by atoms with Crippen molar-refractivity contribution in [1.29, 1.82) is 0 Å². The molecule has 4 N–H and O–H groups in total. The van der Waals surface area contributed by atoms with E-state index in [1.807, 2.05) is 30.3 Å². The smallest absolute Gasteiger partial charge is 0.345 e. The van der Waals surface area contributed by atoms with Crippen molar-refractivity contribution in [2.45, 2.75) is 44.3 Å². The summed E-state index contributed by atoms with van der Waals surface area (Å²) in [6.45, 7) is 3.25. The third kappa shape index (κ3) is 9.06. The van der Waals surface area contributed by atoms with Gasteiger partial charge in [-0.3, -0.25) is 0 Å². The minimum Gasteiger partial charge on any atom is -0.506 e. The van der Waals surface area contributed by atoms with Crippen molar-refractivity contribution in [2.75, 3.05) is 32.7 Å². The number of aromatic nitrogens is 4. The topological polar surface area (TPSA) is 184 Å². The van der Waals surface area contributed by atoms with Gasteiger partial charge in [-0.25, -0.2) is 34.4 Å². The van der Waals surface area contributed by atoms with E-state index in [0.29, 0.717) is 106 Å². The van der Waals surface area contributed by atoms with Crippen LogP contribution in [0.15, 0.2) is 97.5 Å². The Labute approximate surface area is 375 Å². The van der Waals surface area contributed by atoms with Crippen LogP contribution in [0.2, 0.25) is 5.02 Å². The van der Waals surface area contributed by atoms with Crippen molar-refractivity contribution in [3.63, 3.8) is 0 Å². The van der Waals surface area contributed by atoms with Gasteiger partial charge in [0.25, 0.3) is 0 Å². The maximum atomic E-state index is 14.2. The summed E-state index contributed by atoms with van der Waals surface area (Å²) in [7, 11) is 0. The zero-order valence-electron chi connectivity index (χ0n) is 34.2. The second-order valence-corrected chi connectivity index (χ2v) is 17.1. The molecule has 3 aromatic heterocycles. The molecule has 6 heterocycles. The van der Waals surface area contributed by atoms with Gasteiger partial charge in [0.2, 0.25) is 12.0 Å². The number of piperazine rings is 1. The monoisotopic (exact) mass is 904 g/mol. The molecule has 1 unspecified atom stereocenters. The van der Waals surface area contributed by atoms with Gasteiger partial charge in [0.15, 0.2) is 11.6 Å². The molecule has 17 heteroatoms. The second-order valence-electron chi connectivity index (χ2n) is 15.7. The zero-order chi connectivity index (χ0) is 44.3. The average Bonchev–Trinajstić information content (AvgIpc) is 3.70. The number of carboxylic acids is 1. The van der Waals surface area contributed by atoms with Crippen LogP contribution in [-0.2, 0) is 24.2 Å². The molecule has 10 rings (SSSR count). The number of benzene rings is 4. The van der Waals surface area contributed by atoms with Gasteiger partial charge >= 0.3 is 5.97 Å². The molecule has 328 valence electrons. The van der Waals surface area contributed by atoms with Crippen molar-refractivity contribution >= 4 is 39.1 Å². The van der Waals surface area contributed by atoms with Crippen LogP contribution in [0.4, 0.5) is 4.39 Å². The first-order valence-electron chi connectivity index (χ1n) is 20.7. The van der Waals surface area contributed by atoms with Crippen LogP contribution in [0, 0.1) is 5.82 Å². The van der Waals surface area contributed by atoms with E-state index in [4.69, 9.17) is 21.1 Å². The van der Waals surface area contributed by atoms with Gasteiger partial charge in [-0.1, -0.05) is 60.1 Å². The number of thiophene rings is 1.